The Morgan fingerprint density at radius 3 is 2.00 bits per heavy atom. The van der Waals surface area contributed by atoms with E-state index in [9.17, 15) is 43.5 Å². The van der Waals surface area contributed by atoms with E-state index in [2.05, 4.69) is 42.2 Å². The summed E-state index contributed by atoms with van der Waals surface area (Å²) in [5.41, 5.74) is 21.6. The van der Waals surface area contributed by atoms with Gasteiger partial charge in [0.15, 0.2) is 0 Å². The number of nitrogens with two attached hydrogens (primary N) is 3. The molecule has 5 aromatic carbocycles. The topological polar surface area (TPSA) is 335 Å². The van der Waals surface area contributed by atoms with Crippen LogP contribution in [0.3, 0.4) is 0 Å². The summed E-state index contributed by atoms with van der Waals surface area (Å²) < 4.78 is 0. The summed E-state index contributed by atoms with van der Waals surface area (Å²) in [6.07, 6.45) is 2.61. The summed E-state index contributed by atoms with van der Waals surface area (Å²) >= 11 is 0. The predicted octanol–water partition coefficient (Wildman–Crippen LogP) is 2.68. The van der Waals surface area contributed by atoms with E-state index in [1.807, 2.05) is 84.9 Å². The third-order valence-corrected chi connectivity index (χ3v) is 16.4. The van der Waals surface area contributed by atoms with Gasteiger partial charge in [-0.2, -0.15) is 0 Å². The Morgan fingerprint density at radius 1 is 0.654 bits per heavy atom. The minimum absolute atomic E-state index is 0.0215. The number of nitrogens with one attached hydrogen (secondary N) is 8. The highest BCUT2D eigenvalue weighted by atomic mass is 33.1. The molecule has 15 N–H and O–H groups in total. The molecule has 1 aromatic heterocycles. The molecule has 4 unspecified atom stereocenters. The van der Waals surface area contributed by atoms with Crippen molar-refractivity contribution in [2.75, 3.05) is 18.1 Å². The Morgan fingerprint density at radius 2 is 1.28 bits per heavy atom. The van der Waals surface area contributed by atoms with Crippen LogP contribution in [-0.2, 0) is 64.0 Å². The van der Waals surface area contributed by atoms with Crippen LogP contribution in [0.2, 0.25) is 0 Å². The lowest BCUT2D eigenvalue weighted by atomic mass is 9.99. The summed E-state index contributed by atoms with van der Waals surface area (Å²) in [6.45, 7) is 3.68. The third-order valence-electron chi connectivity index (χ3n) is 13.9. The van der Waals surface area contributed by atoms with Crippen LogP contribution >= 0.6 is 21.6 Å². The minimum Gasteiger partial charge on any atom is -0.508 e. The van der Waals surface area contributed by atoms with Crippen LogP contribution in [0, 0.1) is 5.92 Å². The lowest BCUT2D eigenvalue weighted by Crippen LogP contribution is -2.61. The van der Waals surface area contributed by atoms with Crippen LogP contribution in [0.25, 0.3) is 21.7 Å². The van der Waals surface area contributed by atoms with Gasteiger partial charge in [0.1, 0.15) is 48.0 Å². The van der Waals surface area contributed by atoms with Crippen LogP contribution < -0.4 is 54.4 Å². The van der Waals surface area contributed by atoms with Crippen molar-refractivity contribution < 1.29 is 43.5 Å². The average molecular weight is 1140 g/mol. The Balaban J connectivity index is 1.25. The molecule has 2 heterocycles. The zero-order chi connectivity index (χ0) is 58.0. The van der Waals surface area contributed by atoms with Crippen LogP contribution in [0.15, 0.2) is 128 Å². The maximum atomic E-state index is 14.9. The lowest BCUT2D eigenvalue weighted by Gasteiger charge is -2.29. The highest BCUT2D eigenvalue weighted by molar-refractivity contribution is 8.76. The Kier molecular flexibility index (Phi) is 22.1. The number of para-hydroxylation sites is 1. The van der Waals surface area contributed by atoms with Gasteiger partial charge < -0.3 is 64.5 Å². The molecule has 0 aliphatic carbocycles. The summed E-state index contributed by atoms with van der Waals surface area (Å²) in [6, 6.07) is 25.3. The smallest absolute Gasteiger partial charge is 0.244 e. The lowest BCUT2D eigenvalue weighted by molar-refractivity contribution is -0.136. The molecule has 1 saturated heterocycles. The van der Waals surface area contributed by atoms with Gasteiger partial charge in [-0.05, 0) is 89.4 Å². The first-order valence-corrected chi connectivity index (χ1v) is 29.4. The molecule has 0 spiro atoms. The van der Waals surface area contributed by atoms with Crippen molar-refractivity contribution in [1.29, 1.82) is 0 Å². The molecule has 0 saturated carbocycles. The second-order valence-electron chi connectivity index (χ2n) is 20.5. The van der Waals surface area contributed by atoms with E-state index in [1.165, 1.54) is 12.1 Å². The summed E-state index contributed by atoms with van der Waals surface area (Å²) in [5, 5.41) is 32.4. The Labute approximate surface area is 477 Å². The monoisotopic (exact) mass is 1140 g/mol. The highest BCUT2D eigenvalue weighted by Gasteiger charge is 2.36. The minimum atomic E-state index is -1.40. The highest BCUT2D eigenvalue weighted by Crippen LogP contribution is 2.25. The standard InChI is InChI=1S/C59H71N11O9S2/c1-34(2)51-59(79)69-50(57(77)65-46(52(62)72)29-37-19-22-38-14-6-7-15-39(38)26-37)33-81-80-32-49(68-53(73)43(61)27-35-12-4-3-5-13-35)58(78)66-47(28-36-20-23-41(71)24-21-36)55(75)67-48(30-40-31-63-44-17-9-8-16-42(40)44)56(76)64-45(54(74)70-51)18-10-11-25-60/h3-9,12-17,19-24,26,31,34,43,45-51,63,71H,10-11,18,25,27-30,32-33,60-61H2,1-2H3,(H2,62,72)(H,64,76)(H,65,77)(H,66,78)(H,67,75)(H,68,73)(H,69,79)(H,70,74)/t43-,45+,46+,47+,48?,49?,50?,51?/m1/s1. The number of unbranched alkanes of at least 4 members (excludes halogenated alkanes) is 1. The van der Waals surface area contributed by atoms with E-state index in [1.54, 1.807) is 44.3 Å². The molecule has 0 bridgehead atoms. The number of amides is 8. The number of fused-ring (bicyclic) bond motifs is 2. The maximum absolute atomic E-state index is 14.9. The fourth-order valence-corrected chi connectivity index (χ4v) is 11.7. The molecule has 1 fully saturated rings. The summed E-state index contributed by atoms with van der Waals surface area (Å²) in [7, 11) is 2.13. The van der Waals surface area contributed by atoms with Gasteiger partial charge in [0, 0.05) is 47.9 Å². The van der Waals surface area contributed by atoms with Crippen LogP contribution in [-0.4, -0.2) is 124 Å². The molecule has 428 valence electrons. The van der Waals surface area contributed by atoms with Gasteiger partial charge in [-0.25, -0.2) is 0 Å². The first-order valence-electron chi connectivity index (χ1n) is 26.9. The van der Waals surface area contributed by atoms with E-state index in [0.717, 1.165) is 48.8 Å². The predicted molar refractivity (Wildman–Crippen MR) is 315 cm³/mol. The number of aromatic amines is 1. The van der Waals surface area contributed by atoms with E-state index in [0.29, 0.717) is 29.5 Å². The number of carbonyl (C=O) groups is 8. The van der Waals surface area contributed by atoms with Crippen LogP contribution in [0.1, 0.15) is 55.4 Å². The number of primary amides is 1. The van der Waals surface area contributed by atoms with Gasteiger partial charge in [0.25, 0.3) is 0 Å². The van der Waals surface area contributed by atoms with E-state index < -0.39 is 102 Å². The third kappa shape index (κ3) is 17.5. The van der Waals surface area contributed by atoms with Crippen molar-refractivity contribution in [3.63, 3.8) is 0 Å². The van der Waals surface area contributed by atoms with Crippen molar-refractivity contribution in [3.05, 3.63) is 150 Å². The fraction of sp³-hybridized carbons (Fsp3) is 0.356. The number of hydrogen-bond donors (Lipinski definition) is 12. The molecule has 0 radical (unpaired) electrons. The van der Waals surface area contributed by atoms with Gasteiger partial charge in [-0.1, -0.05) is 139 Å². The number of phenols is 1. The summed E-state index contributed by atoms with van der Waals surface area (Å²) in [4.78, 5) is 118. The molecule has 81 heavy (non-hydrogen) atoms. The zero-order valence-corrected chi connectivity index (χ0v) is 46.8. The SMILES string of the molecule is CC(C)C1NC(=O)[C@H](CCCCN)NC(=O)C(Cc2c[nH]c3ccccc23)NC(=O)[C@H](Cc2ccc(O)cc2)NC(=O)C(NC(=O)[C@H](N)Cc2ccccc2)CSSCC(C(=O)N[C@@H](Cc2ccc3ccccc3c2)C(N)=O)NC1=O. The fourth-order valence-electron chi connectivity index (χ4n) is 9.37. The number of hydrogen-bond acceptors (Lipinski definition) is 13. The van der Waals surface area contributed by atoms with Crippen molar-refractivity contribution in [3.8, 4) is 5.75 Å². The Hall–Kier alpha value is -7.92. The molecule has 7 rings (SSSR count). The second-order valence-corrected chi connectivity index (χ2v) is 23.0. The molecule has 8 amide bonds. The quantitative estimate of drug-likeness (QED) is 0.0436. The molecule has 8 atom stereocenters. The number of carbonyl (C=O) groups excluding carboxylic acids is 8. The van der Waals surface area contributed by atoms with E-state index in [-0.39, 0.29) is 55.9 Å². The molecule has 20 nitrogen and oxygen atoms in total. The molecule has 1 aliphatic heterocycles. The van der Waals surface area contributed by atoms with Crippen LogP contribution in [0.4, 0.5) is 0 Å². The molecule has 1 aliphatic rings. The number of phenolic OH excluding ortho intramolecular Hbond substituents is 1. The van der Waals surface area contributed by atoms with Gasteiger partial charge in [0.05, 0.1) is 6.04 Å². The number of aromatic nitrogens is 1. The van der Waals surface area contributed by atoms with E-state index in [4.69, 9.17) is 17.2 Å². The average Bonchev–Trinajstić information content (AvgIpc) is 3.86. The van der Waals surface area contributed by atoms with Crippen molar-refractivity contribution in [2.24, 2.45) is 23.1 Å². The van der Waals surface area contributed by atoms with Gasteiger partial charge in [-0.15, -0.1) is 0 Å². The normalized spacial score (nSPS) is 20.7. The number of benzene rings is 5. The second kappa shape index (κ2) is 29.5. The molecular formula is C59H71N11O9S2. The van der Waals surface area contributed by atoms with Gasteiger partial charge >= 0.3 is 0 Å². The largest absolute Gasteiger partial charge is 0.508 e. The van der Waals surface area contributed by atoms with Crippen LogP contribution in [0.5, 0.6) is 5.75 Å². The first-order chi connectivity index (χ1) is 39.0. The molecule has 6 aromatic rings. The van der Waals surface area contributed by atoms with Crippen molar-refractivity contribution in [2.45, 2.75) is 107 Å². The maximum Gasteiger partial charge on any atom is 0.244 e. The van der Waals surface area contributed by atoms with Crippen molar-refractivity contribution >= 4 is 90.5 Å². The number of aromatic hydroxyl groups is 1. The van der Waals surface area contributed by atoms with Gasteiger partial charge in [-0.3, -0.25) is 38.4 Å². The van der Waals surface area contributed by atoms with E-state index >= 15 is 0 Å². The Bertz CT molecular complexity index is 3160. The zero-order valence-electron chi connectivity index (χ0n) is 45.2. The first kappa shape index (κ1) is 60.7. The van der Waals surface area contributed by atoms with Gasteiger partial charge in [0.2, 0.25) is 47.3 Å². The number of H-pyrrole nitrogens is 1. The summed E-state index contributed by atoms with van der Waals surface area (Å²) in [5.74, 6) is -7.04. The molecular weight excluding hydrogens is 1070 g/mol. The number of rotatable bonds is 18. The molecule has 22 heteroatoms. The van der Waals surface area contributed by atoms with Crippen molar-refractivity contribution in [1.82, 2.24) is 42.2 Å².